The van der Waals surface area contributed by atoms with Crippen LogP contribution < -0.4 is 11.1 Å². The number of benzene rings is 1. The Morgan fingerprint density at radius 1 is 1.15 bits per heavy atom. The second kappa shape index (κ2) is 13.7. The molecule has 1 aliphatic heterocycles. The van der Waals surface area contributed by atoms with E-state index in [1.807, 2.05) is 30.3 Å². The third kappa shape index (κ3) is 8.90. The summed E-state index contributed by atoms with van der Waals surface area (Å²) in [5, 5.41) is 2.80. The van der Waals surface area contributed by atoms with Crippen LogP contribution in [0.25, 0.3) is 0 Å². The molecule has 0 radical (unpaired) electrons. The maximum Gasteiger partial charge on any atom is 0.239 e. The van der Waals surface area contributed by atoms with Gasteiger partial charge in [-0.1, -0.05) is 30.3 Å². The van der Waals surface area contributed by atoms with Crippen molar-refractivity contribution in [3.8, 4) is 0 Å². The van der Waals surface area contributed by atoms with E-state index < -0.39 is 6.04 Å². The van der Waals surface area contributed by atoms with Gasteiger partial charge in [-0.15, -0.1) is 24.8 Å². The van der Waals surface area contributed by atoms with Crippen LogP contribution in [0, 0.1) is 0 Å². The van der Waals surface area contributed by atoms with Gasteiger partial charge in [-0.2, -0.15) is 0 Å². The number of piperazine rings is 1. The fourth-order valence-corrected chi connectivity index (χ4v) is 2.87. The summed E-state index contributed by atoms with van der Waals surface area (Å²) in [6.45, 7) is 3.94. The first-order valence-electron chi connectivity index (χ1n) is 8.66. The highest BCUT2D eigenvalue weighted by atomic mass is 35.5. The number of nitrogens with two attached hydrogens (primary N) is 1. The van der Waals surface area contributed by atoms with E-state index in [4.69, 9.17) is 10.5 Å². The van der Waals surface area contributed by atoms with Crippen LogP contribution in [0.1, 0.15) is 5.56 Å². The highest BCUT2D eigenvalue weighted by Gasteiger charge is 2.26. The smallest absolute Gasteiger partial charge is 0.239 e. The lowest BCUT2D eigenvalue weighted by molar-refractivity contribution is -0.134. The topological polar surface area (TPSA) is 87.9 Å². The Hall–Kier alpha value is -1.38. The predicted molar refractivity (Wildman–Crippen MR) is 111 cm³/mol. The first kappa shape index (κ1) is 25.6. The van der Waals surface area contributed by atoms with Gasteiger partial charge in [0, 0.05) is 39.8 Å². The van der Waals surface area contributed by atoms with Crippen molar-refractivity contribution in [3.05, 3.63) is 35.9 Å². The van der Waals surface area contributed by atoms with Crippen molar-refractivity contribution >= 4 is 36.6 Å². The molecule has 1 unspecified atom stereocenters. The summed E-state index contributed by atoms with van der Waals surface area (Å²) in [6.07, 6.45) is 0.543. The first-order chi connectivity index (χ1) is 12.1. The Kier molecular flexibility index (Phi) is 13.0. The van der Waals surface area contributed by atoms with Crippen molar-refractivity contribution < 1.29 is 14.3 Å². The van der Waals surface area contributed by atoms with Gasteiger partial charge in [-0.25, -0.2) is 0 Å². The van der Waals surface area contributed by atoms with Crippen molar-refractivity contribution in [2.75, 3.05) is 53.0 Å². The average Bonchev–Trinajstić information content (AvgIpc) is 2.63. The van der Waals surface area contributed by atoms with Crippen molar-refractivity contribution in [1.29, 1.82) is 0 Å². The normalized spacial score (nSPS) is 15.3. The molecule has 1 aromatic carbocycles. The zero-order chi connectivity index (χ0) is 18.1. The molecule has 2 amide bonds. The van der Waals surface area contributed by atoms with Crippen LogP contribution in [0.4, 0.5) is 0 Å². The van der Waals surface area contributed by atoms with E-state index in [-0.39, 0.29) is 36.6 Å². The van der Waals surface area contributed by atoms with E-state index in [0.29, 0.717) is 52.3 Å². The molecule has 0 bridgehead atoms. The van der Waals surface area contributed by atoms with Gasteiger partial charge in [0.15, 0.2) is 0 Å². The fraction of sp³-hybridized carbons (Fsp3) is 0.556. The van der Waals surface area contributed by atoms with E-state index in [1.165, 1.54) is 0 Å². The standard InChI is InChI=1S/C18H28N4O3.2ClH/c1-25-12-7-20-17(23)14-21-8-10-22(11-9-21)18(24)16(19)13-15-5-3-2-4-6-15;;/h2-6,16H,7-14,19H2,1H3,(H,20,23);2*1H. The van der Waals surface area contributed by atoms with Gasteiger partial charge in [0.1, 0.15) is 0 Å². The Labute approximate surface area is 173 Å². The minimum absolute atomic E-state index is 0. The van der Waals surface area contributed by atoms with Gasteiger partial charge >= 0.3 is 0 Å². The van der Waals surface area contributed by atoms with Crippen LogP contribution in [-0.4, -0.2) is 80.6 Å². The van der Waals surface area contributed by atoms with Gasteiger partial charge in [0.2, 0.25) is 11.8 Å². The molecule has 1 aliphatic rings. The summed E-state index contributed by atoms with van der Waals surface area (Å²) >= 11 is 0. The van der Waals surface area contributed by atoms with Gasteiger partial charge in [-0.05, 0) is 12.0 Å². The molecule has 3 N–H and O–H groups in total. The van der Waals surface area contributed by atoms with Gasteiger partial charge in [0.25, 0.3) is 0 Å². The highest BCUT2D eigenvalue weighted by Crippen LogP contribution is 2.07. The van der Waals surface area contributed by atoms with E-state index in [2.05, 4.69) is 10.2 Å². The lowest BCUT2D eigenvalue weighted by Crippen LogP contribution is -2.55. The second-order valence-corrected chi connectivity index (χ2v) is 6.24. The maximum absolute atomic E-state index is 12.5. The monoisotopic (exact) mass is 420 g/mol. The number of methoxy groups -OCH3 is 1. The number of rotatable bonds is 8. The molecule has 7 nitrogen and oxygen atoms in total. The number of ether oxygens (including phenoxy) is 1. The molecule has 154 valence electrons. The van der Waals surface area contributed by atoms with Crippen LogP contribution in [0.2, 0.25) is 0 Å². The molecular weight excluding hydrogens is 391 g/mol. The molecule has 1 aromatic rings. The number of halogens is 2. The summed E-state index contributed by atoms with van der Waals surface area (Å²) in [7, 11) is 1.60. The third-order valence-electron chi connectivity index (χ3n) is 4.30. The van der Waals surface area contributed by atoms with Crippen LogP contribution in [0.5, 0.6) is 0 Å². The van der Waals surface area contributed by atoms with Gasteiger partial charge in [0.05, 0.1) is 19.2 Å². The molecule has 0 spiro atoms. The SMILES string of the molecule is COCCNC(=O)CN1CCN(C(=O)C(N)Cc2ccccc2)CC1.Cl.Cl. The summed E-state index contributed by atoms with van der Waals surface area (Å²) in [4.78, 5) is 28.1. The lowest BCUT2D eigenvalue weighted by atomic mass is 10.1. The molecule has 27 heavy (non-hydrogen) atoms. The number of hydrogen-bond donors (Lipinski definition) is 2. The molecule has 1 fully saturated rings. The Morgan fingerprint density at radius 3 is 2.37 bits per heavy atom. The molecule has 0 aromatic heterocycles. The van der Waals surface area contributed by atoms with E-state index in [9.17, 15) is 9.59 Å². The van der Waals surface area contributed by atoms with E-state index >= 15 is 0 Å². The molecule has 9 heteroatoms. The van der Waals surface area contributed by atoms with Crippen LogP contribution in [0.15, 0.2) is 30.3 Å². The van der Waals surface area contributed by atoms with Crippen molar-refractivity contribution in [1.82, 2.24) is 15.1 Å². The first-order valence-corrected chi connectivity index (χ1v) is 8.66. The fourth-order valence-electron chi connectivity index (χ4n) is 2.87. The maximum atomic E-state index is 12.5. The Bertz CT molecular complexity index is 555. The Morgan fingerprint density at radius 2 is 1.78 bits per heavy atom. The molecule has 2 rings (SSSR count). The molecule has 0 saturated carbocycles. The van der Waals surface area contributed by atoms with E-state index in [0.717, 1.165) is 5.56 Å². The number of amides is 2. The average molecular weight is 421 g/mol. The molecule has 0 aliphatic carbocycles. The van der Waals surface area contributed by atoms with Crippen molar-refractivity contribution in [2.24, 2.45) is 5.73 Å². The van der Waals surface area contributed by atoms with Crippen molar-refractivity contribution in [2.45, 2.75) is 12.5 Å². The highest BCUT2D eigenvalue weighted by molar-refractivity contribution is 5.85. The molecule has 1 atom stereocenters. The minimum atomic E-state index is -0.522. The zero-order valence-electron chi connectivity index (χ0n) is 15.6. The Balaban J connectivity index is 0.00000338. The zero-order valence-corrected chi connectivity index (χ0v) is 17.3. The summed E-state index contributed by atoms with van der Waals surface area (Å²) < 4.78 is 4.90. The summed E-state index contributed by atoms with van der Waals surface area (Å²) in [5.74, 6) is -0.0364. The van der Waals surface area contributed by atoms with Crippen LogP contribution in [0.3, 0.4) is 0 Å². The van der Waals surface area contributed by atoms with Crippen molar-refractivity contribution in [3.63, 3.8) is 0 Å². The van der Waals surface area contributed by atoms with Gasteiger partial charge < -0.3 is 20.7 Å². The predicted octanol–water partition coefficient (Wildman–Crippen LogP) is 0.307. The number of hydrogen-bond acceptors (Lipinski definition) is 5. The minimum Gasteiger partial charge on any atom is -0.383 e. The molecule has 1 saturated heterocycles. The number of carbonyl (C=O) groups excluding carboxylic acids is 2. The van der Waals surface area contributed by atoms with Crippen LogP contribution >= 0.6 is 24.8 Å². The number of nitrogens with zero attached hydrogens (tertiary/aromatic N) is 2. The van der Waals surface area contributed by atoms with Gasteiger partial charge in [-0.3, -0.25) is 14.5 Å². The second-order valence-electron chi connectivity index (χ2n) is 6.24. The summed E-state index contributed by atoms with van der Waals surface area (Å²) in [6, 6.07) is 9.28. The third-order valence-corrected chi connectivity index (χ3v) is 4.30. The number of nitrogens with one attached hydrogen (secondary N) is 1. The lowest BCUT2D eigenvalue weighted by Gasteiger charge is -2.35. The number of carbonyl (C=O) groups is 2. The molecule has 1 heterocycles. The van der Waals surface area contributed by atoms with E-state index in [1.54, 1.807) is 12.0 Å². The summed E-state index contributed by atoms with van der Waals surface area (Å²) in [5.41, 5.74) is 7.15. The largest absolute Gasteiger partial charge is 0.383 e. The molecular formula is C18H30Cl2N4O3. The van der Waals surface area contributed by atoms with Crippen LogP contribution in [-0.2, 0) is 20.7 Å². The quantitative estimate of drug-likeness (QED) is 0.590.